The molecule has 2 N–H and O–H groups in total. The van der Waals surface area contributed by atoms with Gasteiger partial charge in [-0.15, -0.1) is 24.0 Å². The van der Waals surface area contributed by atoms with Crippen molar-refractivity contribution in [2.45, 2.75) is 90.4 Å². The van der Waals surface area contributed by atoms with E-state index in [1.807, 2.05) is 25.7 Å². The molecule has 2 atom stereocenters. The van der Waals surface area contributed by atoms with Crippen molar-refractivity contribution >= 4 is 36.0 Å². The van der Waals surface area contributed by atoms with Crippen LogP contribution in [0.5, 0.6) is 0 Å². The highest BCUT2D eigenvalue weighted by Crippen LogP contribution is 2.32. The standard InChI is InChI=1S/C23H42N4O3.HI/c1-5-24-21(25-15-18-7-6-8-20(18)28)26-13-11-19(12-14-26)27(16-17-9-10-17)22(29)30-23(2,3)4;/h17-20,28H,5-16H2,1-4H3,(H,24,25);1H. The summed E-state index contributed by atoms with van der Waals surface area (Å²) in [4.78, 5) is 22.0. The average molecular weight is 551 g/mol. The highest BCUT2D eigenvalue weighted by molar-refractivity contribution is 14.0. The largest absolute Gasteiger partial charge is 0.444 e. The number of nitrogens with one attached hydrogen (secondary N) is 1. The zero-order valence-corrected chi connectivity index (χ0v) is 22.1. The minimum absolute atomic E-state index is 0. The van der Waals surface area contributed by atoms with Crippen LogP contribution in [0.2, 0.25) is 0 Å². The third-order valence-electron chi connectivity index (χ3n) is 6.41. The van der Waals surface area contributed by atoms with Crippen molar-refractivity contribution in [3.8, 4) is 0 Å². The lowest BCUT2D eigenvalue weighted by molar-refractivity contribution is 0.00928. The zero-order valence-electron chi connectivity index (χ0n) is 19.8. The third kappa shape index (κ3) is 8.26. The number of carbonyl (C=O) groups excluding carboxylic acids is 1. The Hall–Kier alpha value is -0.770. The molecule has 0 aromatic heterocycles. The number of ether oxygens (including phenoxy) is 1. The van der Waals surface area contributed by atoms with Gasteiger partial charge in [0.15, 0.2) is 5.96 Å². The molecule has 3 rings (SSSR count). The second-order valence-electron chi connectivity index (χ2n) is 10.2. The molecule has 2 saturated carbocycles. The topological polar surface area (TPSA) is 77.4 Å². The van der Waals surface area contributed by atoms with Crippen LogP contribution >= 0.6 is 24.0 Å². The average Bonchev–Trinajstić information content (AvgIpc) is 3.42. The third-order valence-corrected chi connectivity index (χ3v) is 6.41. The Morgan fingerprint density at radius 2 is 1.84 bits per heavy atom. The SMILES string of the molecule is CCNC(=NCC1CCCC1O)N1CCC(N(CC2CC2)C(=O)OC(C)(C)C)CC1.I. The van der Waals surface area contributed by atoms with Crippen LogP contribution in [-0.2, 0) is 4.74 Å². The number of aliphatic hydroxyl groups is 1. The van der Waals surface area contributed by atoms with Gasteiger partial charge in [0.05, 0.1) is 6.10 Å². The minimum Gasteiger partial charge on any atom is -0.444 e. The molecule has 0 bridgehead atoms. The number of halogens is 1. The molecular weight excluding hydrogens is 507 g/mol. The maximum atomic E-state index is 12.8. The Morgan fingerprint density at radius 3 is 2.35 bits per heavy atom. The number of nitrogens with zero attached hydrogens (tertiary/aromatic N) is 3. The maximum absolute atomic E-state index is 12.8. The Labute approximate surface area is 205 Å². The molecule has 1 aliphatic heterocycles. The summed E-state index contributed by atoms with van der Waals surface area (Å²) < 4.78 is 5.71. The highest BCUT2D eigenvalue weighted by Gasteiger charge is 2.36. The van der Waals surface area contributed by atoms with Gasteiger partial charge in [-0.1, -0.05) is 6.42 Å². The molecule has 3 aliphatic rings. The number of aliphatic imine (C=N–C) groups is 1. The van der Waals surface area contributed by atoms with E-state index in [9.17, 15) is 9.90 Å². The maximum Gasteiger partial charge on any atom is 0.410 e. The van der Waals surface area contributed by atoms with E-state index in [-0.39, 0.29) is 48.1 Å². The van der Waals surface area contributed by atoms with E-state index in [0.29, 0.717) is 12.5 Å². The van der Waals surface area contributed by atoms with Gasteiger partial charge in [0, 0.05) is 44.7 Å². The minimum atomic E-state index is -0.463. The summed E-state index contributed by atoms with van der Waals surface area (Å²) in [5.41, 5.74) is -0.463. The van der Waals surface area contributed by atoms with Crippen LogP contribution in [0.15, 0.2) is 4.99 Å². The Bertz CT molecular complexity index is 598. The van der Waals surface area contributed by atoms with Gasteiger partial charge >= 0.3 is 6.09 Å². The van der Waals surface area contributed by atoms with Gasteiger partial charge in [-0.2, -0.15) is 0 Å². The molecule has 8 heteroatoms. The van der Waals surface area contributed by atoms with Gasteiger partial charge in [0.1, 0.15) is 5.60 Å². The quantitative estimate of drug-likeness (QED) is 0.299. The lowest BCUT2D eigenvalue weighted by Gasteiger charge is -2.40. The highest BCUT2D eigenvalue weighted by atomic mass is 127. The number of carbonyl (C=O) groups is 1. The molecule has 3 fully saturated rings. The van der Waals surface area contributed by atoms with Crippen molar-refractivity contribution < 1.29 is 14.6 Å². The van der Waals surface area contributed by atoms with Crippen LogP contribution < -0.4 is 5.32 Å². The number of hydrogen-bond acceptors (Lipinski definition) is 4. The van der Waals surface area contributed by atoms with Crippen LogP contribution in [0.1, 0.15) is 72.6 Å². The van der Waals surface area contributed by atoms with Crippen LogP contribution in [0.4, 0.5) is 4.79 Å². The van der Waals surface area contributed by atoms with E-state index in [4.69, 9.17) is 9.73 Å². The summed E-state index contributed by atoms with van der Waals surface area (Å²) >= 11 is 0. The lowest BCUT2D eigenvalue weighted by Crippen LogP contribution is -2.52. The molecule has 0 spiro atoms. The molecule has 180 valence electrons. The smallest absolute Gasteiger partial charge is 0.410 e. The van der Waals surface area contributed by atoms with Crippen molar-refractivity contribution in [3.05, 3.63) is 0 Å². The monoisotopic (exact) mass is 550 g/mol. The Morgan fingerprint density at radius 1 is 1.16 bits per heavy atom. The Kier molecular flexibility index (Phi) is 10.2. The molecule has 7 nitrogen and oxygen atoms in total. The van der Waals surface area contributed by atoms with E-state index in [1.54, 1.807) is 0 Å². The van der Waals surface area contributed by atoms with Crippen molar-refractivity contribution in [1.29, 1.82) is 0 Å². The second kappa shape index (κ2) is 11.9. The summed E-state index contributed by atoms with van der Waals surface area (Å²) in [6.45, 7) is 12.0. The Balaban J connectivity index is 0.00000341. The van der Waals surface area contributed by atoms with E-state index < -0.39 is 5.60 Å². The van der Waals surface area contributed by atoms with Gasteiger partial charge in [-0.3, -0.25) is 4.99 Å². The number of guanidine groups is 1. The first-order chi connectivity index (χ1) is 14.3. The van der Waals surface area contributed by atoms with Gasteiger partial charge in [0.2, 0.25) is 0 Å². The fraction of sp³-hybridized carbons (Fsp3) is 0.913. The summed E-state index contributed by atoms with van der Waals surface area (Å²) in [6.07, 6.45) is 7.03. The molecular formula is C23H43IN4O3. The van der Waals surface area contributed by atoms with E-state index >= 15 is 0 Å². The van der Waals surface area contributed by atoms with Crippen LogP contribution in [0.3, 0.4) is 0 Å². The fourth-order valence-electron chi connectivity index (χ4n) is 4.52. The lowest BCUT2D eigenvalue weighted by atomic mass is 10.0. The summed E-state index contributed by atoms with van der Waals surface area (Å²) in [5.74, 6) is 1.88. The number of hydrogen-bond donors (Lipinski definition) is 2. The van der Waals surface area contributed by atoms with Gasteiger partial charge in [-0.05, 0) is 72.1 Å². The van der Waals surface area contributed by atoms with Crippen molar-refractivity contribution in [1.82, 2.24) is 15.1 Å². The van der Waals surface area contributed by atoms with E-state index in [0.717, 1.165) is 64.2 Å². The van der Waals surface area contributed by atoms with Crippen molar-refractivity contribution in [2.75, 3.05) is 32.7 Å². The first-order valence-electron chi connectivity index (χ1n) is 12.0. The molecule has 31 heavy (non-hydrogen) atoms. The predicted molar refractivity (Wildman–Crippen MR) is 135 cm³/mol. The second-order valence-corrected chi connectivity index (χ2v) is 10.2. The van der Waals surface area contributed by atoms with Crippen LogP contribution in [0.25, 0.3) is 0 Å². The van der Waals surface area contributed by atoms with Gasteiger partial charge < -0.3 is 25.0 Å². The number of amides is 1. The number of piperidine rings is 1. The van der Waals surface area contributed by atoms with Crippen LogP contribution in [-0.4, -0.2) is 77.4 Å². The first-order valence-corrected chi connectivity index (χ1v) is 12.0. The summed E-state index contributed by atoms with van der Waals surface area (Å²) in [6, 6.07) is 0.233. The molecule has 1 heterocycles. The predicted octanol–water partition coefficient (Wildman–Crippen LogP) is 3.84. The number of likely N-dealkylation sites (tertiary alicyclic amines) is 1. The van der Waals surface area contributed by atoms with Gasteiger partial charge in [0.25, 0.3) is 0 Å². The van der Waals surface area contributed by atoms with E-state index in [2.05, 4.69) is 17.1 Å². The molecule has 1 saturated heterocycles. The van der Waals surface area contributed by atoms with Gasteiger partial charge in [-0.25, -0.2) is 4.79 Å². The molecule has 2 unspecified atom stereocenters. The fourth-order valence-corrected chi connectivity index (χ4v) is 4.52. The molecule has 0 aromatic rings. The number of rotatable bonds is 6. The normalized spacial score (nSPS) is 25.2. The summed E-state index contributed by atoms with van der Waals surface area (Å²) in [7, 11) is 0. The summed E-state index contributed by atoms with van der Waals surface area (Å²) in [5, 5.41) is 13.5. The molecule has 0 radical (unpaired) electrons. The zero-order chi connectivity index (χ0) is 21.7. The molecule has 1 amide bonds. The van der Waals surface area contributed by atoms with Crippen LogP contribution in [0, 0.1) is 11.8 Å². The van der Waals surface area contributed by atoms with Crippen molar-refractivity contribution in [2.24, 2.45) is 16.8 Å². The van der Waals surface area contributed by atoms with E-state index in [1.165, 1.54) is 12.8 Å². The van der Waals surface area contributed by atoms with Crippen molar-refractivity contribution in [3.63, 3.8) is 0 Å². The molecule has 2 aliphatic carbocycles. The number of aliphatic hydroxyl groups excluding tert-OH is 1. The first kappa shape index (κ1) is 26.5. The molecule has 0 aromatic carbocycles.